The van der Waals surface area contributed by atoms with Crippen molar-refractivity contribution in [2.45, 2.75) is 38.7 Å². The van der Waals surface area contributed by atoms with E-state index in [0.717, 1.165) is 37.5 Å². The third-order valence-electron chi connectivity index (χ3n) is 3.91. The summed E-state index contributed by atoms with van der Waals surface area (Å²) in [5.41, 5.74) is -1.07. The van der Waals surface area contributed by atoms with E-state index in [4.69, 9.17) is 4.74 Å². The van der Waals surface area contributed by atoms with Crippen LogP contribution < -0.4 is 9.84 Å². The van der Waals surface area contributed by atoms with Crippen LogP contribution in [0.2, 0.25) is 0 Å². The molecule has 1 aliphatic carbocycles. The number of nitro benzene ring substituents is 1. The van der Waals surface area contributed by atoms with Gasteiger partial charge in [0.05, 0.1) is 10.9 Å². The number of hydrogen-bond acceptors (Lipinski definition) is 5. The molecular formula is C16H18NO5-. The van der Waals surface area contributed by atoms with E-state index in [1.165, 1.54) is 0 Å². The SMILES string of the molecule is CC(C)(Oc1cc(C(=O)[O-])ccc1[N+](=O)[O-])C1C=CCCC1. The predicted octanol–water partition coefficient (Wildman–Crippen LogP) is 2.47. The van der Waals surface area contributed by atoms with Gasteiger partial charge in [-0.2, -0.15) is 0 Å². The number of hydrogen-bond donors (Lipinski definition) is 0. The number of benzene rings is 1. The van der Waals surface area contributed by atoms with Crippen molar-refractivity contribution in [1.82, 2.24) is 0 Å². The molecule has 1 aromatic rings. The molecule has 0 bridgehead atoms. The largest absolute Gasteiger partial charge is 0.545 e. The number of ether oxygens (including phenoxy) is 1. The van der Waals surface area contributed by atoms with Gasteiger partial charge in [0, 0.05) is 17.5 Å². The van der Waals surface area contributed by atoms with Gasteiger partial charge in [-0.25, -0.2) is 0 Å². The second-order valence-electron chi connectivity index (χ2n) is 5.90. The van der Waals surface area contributed by atoms with Gasteiger partial charge in [0.25, 0.3) is 0 Å². The molecule has 0 amide bonds. The lowest BCUT2D eigenvalue weighted by molar-refractivity contribution is -0.386. The lowest BCUT2D eigenvalue weighted by Crippen LogP contribution is -2.37. The molecule has 0 N–H and O–H groups in total. The highest BCUT2D eigenvalue weighted by atomic mass is 16.6. The molecule has 0 spiro atoms. The monoisotopic (exact) mass is 304 g/mol. The molecule has 6 nitrogen and oxygen atoms in total. The fourth-order valence-corrected chi connectivity index (χ4v) is 2.62. The molecule has 0 aromatic heterocycles. The van der Waals surface area contributed by atoms with Crippen molar-refractivity contribution >= 4 is 11.7 Å². The van der Waals surface area contributed by atoms with Crippen molar-refractivity contribution in [3.63, 3.8) is 0 Å². The van der Waals surface area contributed by atoms with Gasteiger partial charge in [0.2, 0.25) is 0 Å². The molecule has 0 saturated heterocycles. The summed E-state index contributed by atoms with van der Waals surface area (Å²) in [6.45, 7) is 3.70. The van der Waals surface area contributed by atoms with Gasteiger partial charge >= 0.3 is 5.69 Å². The van der Waals surface area contributed by atoms with Crippen LogP contribution in [0.15, 0.2) is 30.4 Å². The Labute approximate surface area is 128 Å². The van der Waals surface area contributed by atoms with Gasteiger partial charge in [0.1, 0.15) is 5.60 Å². The minimum atomic E-state index is -1.39. The molecule has 0 aliphatic heterocycles. The number of aromatic carboxylic acids is 1. The van der Waals surface area contributed by atoms with E-state index in [9.17, 15) is 20.0 Å². The summed E-state index contributed by atoms with van der Waals surface area (Å²) < 4.78 is 5.84. The first-order valence-electron chi connectivity index (χ1n) is 7.17. The first-order valence-corrected chi connectivity index (χ1v) is 7.17. The van der Waals surface area contributed by atoms with Crippen LogP contribution in [0.25, 0.3) is 0 Å². The zero-order valence-electron chi connectivity index (χ0n) is 12.6. The quantitative estimate of drug-likeness (QED) is 0.473. The maximum atomic E-state index is 11.1. The van der Waals surface area contributed by atoms with E-state index in [-0.39, 0.29) is 22.9 Å². The van der Waals surface area contributed by atoms with Gasteiger partial charge < -0.3 is 14.6 Å². The second kappa shape index (κ2) is 6.17. The summed E-state index contributed by atoms with van der Waals surface area (Å²) in [6, 6.07) is 3.43. The highest BCUT2D eigenvalue weighted by Gasteiger charge is 2.32. The Balaban J connectivity index is 2.35. The van der Waals surface area contributed by atoms with Gasteiger partial charge in [-0.1, -0.05) is 12.2 Å². The van der Waals surface area contributed by atoms with Crippen molar-refractivity contribution in [3.05, 3.63) is 46.0 Å². The molecule has 1 atom stereocenters. The minimum absolute atomic E-state index is 0.0457. The molecule has 0 heterocycles. The van der Waals surface area contributed by atoms with Crippen molar-refractivity contribution in [2.75, 3.05) is 0 Å². The summed E-state index contributed by atoms with van der Waals surface area (Å²) in [6.07, 6.45) is 7.11. The maximum absolute atomic E-state index is 11.1. The number of allylic oxidation sites excluding steroid dienone is 1. The van der Waals surface area contributed by atoms with Crippen molar-refractivity contribution in [3.8, 4) is 5.75 Å². The Bertz CT molecular complexity index is 621. The molecule has 0 radical (unpaired) electrons. The Morgan fingerprint density at radius 2 is 2.14 bits per heavy atom. The molecule has 1 aliphatic rings. The topological polar surface area (TPSA) is 92.5 Å². The second-order valence-corrected chi connectivity index (χ2v) is 5.90. The number of rotatable bonds is 5. The van der Waals surface area contributed by atoms with Crippen LogP contribution in [0.4, 0.5) is 5.69 Å². The van der Waals surface area contributed by atoms with Gasteiger partial charge in [-0.15, -0.1) is 0 Å². The lowest BCUT2D eigenvalue weighted by atomic mass is 9.83. The Morgan fingerprint density at radius 3 is 2.68 bits per heavy atom. The summed E-state index contributed by atoms with van der Waals surface area (Å²) in [4.78, 5) is 21.5. The van der Waals surface area contributed by atoms with E-state index >= 15 is 0 Å². The van der Waals surface area contributed by atoms with Crippen molar-refractivity contribution in [1.29, 1.82) is 0 Å². The molecule has 1 aromatic carbocycles. The summed E-state index contributed by atoms with van der Waals surface area (Å²) >= 11 is 0. The molecular weight excluding hydrogens is 286 g/mol. The highest BCUT2D eigenvalue weighted by Crippen LogP contribution is 2.36. The average molecular weight is 304 g/mol. The van der Waals surface area contributed by atoms with Crippen LogP contribution >= 0.6 is 0 Å². The van der Waals surface area contributed by atoms with Crippen LogP contribution in [-0.4, -0.2) is 16.5 Å². The Morgan fingerprint density at radius 1 is 1.41 bits per heavy atom. The zero-order chi connectivity index (χ0) is 16.3. The van der Waals surface area contributed by atoms with Gasteiger partial charge in [-0.05, 0) is 45.2 Å². The number of nitro groups is 1. The van der Waals surface area contributed by atoms with E-state index < -0.39 is 16.5 Å². The molecule has 0 fully saturated rings. The van der Waals surface area contributed by atoms with Crippen molar-refractivity contribution in [2.24, 2.45) is 5.92 Å². The van der Waals surface area contributed by atoms with Crippen LogP contribution in [0.3, 0.4) is 0 Å². The average Bonchev–Trinajstić information content (AvgIpc) is 2.47. The molecule has 6 heteroatoms. The fraction of sp³-hybridized carbons (Fsp3) is 0.438. The third-order valence-corrected chi connectivity index (χ3v) is 3.91. The smallest absolute Gasteiger partial charge is 0.310 e. The van der Waals surface area contributed by atoms with Crippen LogP contribution in [0, 0.1) is 16.0 Å². The molecule has 118 valence electrons. The number of carbonyl (C=O) groups is 1. The first-order chi connectivity index (χ1) is 10.3. The number of nitrogens with zero attached hydrogens (tertiary/aromatic N) is 1. The van der Waals surface area contributed by atoms with E-state index in [0.29, 0.717) is 0 Å². The standard InChI is InChI=1S/C16H19NO5/c1-16(2,12-6-4-3-5-7-12)22-14-10-11(15(18)19)8-9-13(14)17(20)21/h4,6,8-10,12H,3,5,7H2,1-2H3,(H,18,19)/p-1. The van der Waals surface area contributed by atoms with Crippen LogP contribution in [0.5, 0.6) is 5.75 Å². The van der Waals surface area contributed by atoms with E-state index in [2.05, 4.69) is 12.2 Å². The Kier molecular flexibility index (Phi) is 4.49. The summed E-state index contributed by atoms with van der Waals surface area (Å²) in [7, 11) is 0. The number of carboxylic acid groups (broad SMARTS) is 1. The summed E-state index contributed by atoms with van der Waals surface area (Å²) in [5.74, 6) is -1.32. The number of carboxylic acids is 1. The zero-order valence-corrected chi connectivity index (χ0v) is 12.6. The van der Waals surface area contributed by atoms with Crippen LogP contribution in [-0.2, 0) is 0 Å². The molecule has 1 unspecified atom stereocenters. The lowest BCUT2D eigenvalue weighted by Gasteiger charge is -2.34. The Hall–Kier alpha value is -2.37. The van der Waals surface area contributed by atoms with Crippen LogP contribution in [0.1, 0.15) is 43.5 Å². The van der Waals surface area contributed by atoms with E-state index in [1.54, 1.807) is 0 Å². The van der Waals surface area contributed by atoms with Crippen molar-refractivity contribution < 1.29 is 19.6 Å². The maximum Gasteiger partial charge on any atom is 0.310 e. The predicted molar refractivity (Wildman–Crippen MR) is 78.6 cm³/mol. The fourth-order valence-electron chi connectivity index (χ4n) is 2.62. The highest BCUT2D eigenvalue weighted by molar-refractivity contribution is 5.87. The first kappa shape index (κ1) is 16.0. The molecule has 22 heavy (non-hydrogen) atoms. The number of carbonyl (C=O) groups excluding carboxylic acids is 1. The minimum Gasteiger partial charge on any atom is -0.545 e. The normalized spacial score (nSPS) is 18.0. The summed E-state index contributed by atoms with van der Waals surface area (Å²) in [5, 5.41) is 22.1. The van der Waals surface area contributed by atoms with Gasteiger partial charge in [0.15, 0.2) is 5.75 Å². The molecule has 0 saturated carbocycles. The molecule has 2 rings (SSSR count). The van der Waals surface area contributed by atoms with E-state index in [1.807, 2.05) is 13.8 Å². The third kappa shape index (κ3) is 3.44. The van der Waals surface area contributed by atoms with Gasteiger partial charge in [-0.3, -0.25) is 10.1 Å².